The van der Waals surface area contributed by atoms with E-state index in [0.29, 0.717) is 17.9 Å². The minimum atomic E-state index is -2.83. The Bertz CT molecular complexity index is 956. The highest BCUT2D eigenvalue weighted by atomic mass is 32.2. The minimum absolute atomic E-state index is 0.167. The molecule has 1 aromatic carbocycles. The van der Waals surface area contributed by atoms with Crippen LogP contribution in [0.2, 0.25) is 0 Å². The van der Waals surface area contributed by atoms with E-state index < -0.39 is 12.6 Å². The Morgan fingerprint density at radius 2 is 1.97 bits per heavy atom. The molecule has 1 aromatic heterocycles. The minimum Gasteiger partial charge on any atom is -0.463 e. The molecule has 0 radical (unpaired) electrons. The molecule has 29 heavy (non-hydrogen) atoms. The number of aryl methyl sites for hydroxylation is 1. The van der Waals surface area contributed by atoms with E-state index in [0.717, 1.165) is 21.6 Å². The van der Waals surface area contributed by atoms with Gasteiger partial charge >= 0.3 is 12.6 Å². The molecule has 7 heteroatoms. The number of allylic oxidation sites excluding steroid dienone is 5. The van der Waals surface area contributed by atoms with Crippen LogP contribution in [0, 0.1) is 6.92 Å². The summed E-state index contributed by atoms with van der Waals surface area (Å²) in [6.45, 7) is -1.01. The number of thioether (sulfide) groups is 1. The summed E-state index contributed by atoms with van der Waals surface area (Å²) in [5.74, 6) is 1.23. The fourth-order valence-corrected chi connectivity index (χ4v) is 3.72. The van der Waals surface area contributed by atoms with E-state index in [1.807, 2.05) is 37.3 Å². The Morgan fingerprint density at radius 1 is 1.21 bits per heavy atom. The van der Waals surface area contributed by atoms with Gasteiger partial charge in [-0.25, -0.2) is 4.79 Å². The topological polar surface area (TPSA) is 48.7 Å². The smallest absolute Gasteiger partial charge is 0.387 e. The van der Waals surface area contributed by atoms with Crippen LogP contribution < -0.4 is 0 Å². The van der Waals surface area contributed by atoms with Gasteiger partial charge in [-0.15, -0.1) is 11.8 Å². The Hall–Kier alpha value is -2.80. The number of halogens is 2. The number of alkyl halides is 2. The van der Waals surface area contributed by atoms with Gasteiger partial charge in [-0.3, -0.25) is 0 Å². The zero-order valence-electron chi connectivity index (χ0n) is 16.0. The lowest BCUT2D eigenvalue weighted by Crippen LogP contribution is -1.98. The largest absolute Gasteiger partial charge is 0.463 e. The van der Waals surface area contributed by atoms with Crippen molar-refractivity contribution in [2.45, 2.75) is 30.6 Å². The van der Waals surface area contributed by atoms with Gasteiger partial charge in [0.25, 0.3) is 0 Å². The first-order valence-electron chi connectivity index (χ1n) is 8.90. The van der Waals surface area contributed by atoms with E-state index in [2.05, 4.69) is 9.47 Å². The van der Waals surface area contributed by atoms with Crippen molar-refractivity contribution in [1.29, 1.82) is 0 Å². The summed E-state index contributed by atoms with van der Waals surface area (Å²) in [7, 11) is 1.32. The average Bonchev–Trinajstić information content (AvgIpc) is 2.92. The highest BCUT2D eigenvalue weighted by Crippen LogP contribution is 2.29. The molecular formula is C22H20F2O4S. The Morgan fingerprint density at radius 3 is 2.66 bits per heavy atom. The van der Waals surface area contributed by atoms with Crippen LogP contribution in [0.15, 0.2) is 69.7 Å². The SMILES string of the molecule is COC(=O)c1cc(CSc2ccc(C3=CCC=C(OC(F)F)C=C3)cc2)c(C)o1. The van der Waals surface area contributed by atoms with Crippen molar-refractivity contribution in [1.82, 2.24) is 0 Å². The average molecular weight is 418 g/mol. The van der Waals surface area contributed by atoms with Crippen LogP contribution in [0.1, 0.15) is 33.9 Å². The molecule has 0 bridgehead atoms. The molecule has 3 rings (SSSR count). The molecule has 0 atom stereocenters. The summed E-state index contributed by atoms with van der Waals surface area (Å²) < 4.78 is 39.3. The van der Waals surface area contributed by atoms with Crippen LogP contribution in [0.5, 0.6) is 0 Å². The quantitative estimate of drug-likeness (QED) is 0.400. The Balaban J connectivity index is 1.62. The van der Waals surface area contributed by atoms with Gasteiger partial charge in [-0.05, 0) is 54.8 Å². The number of carbonyl (C=O) groups excluding carboxylic acids is 1. The maximum absolute atomic E-state index is 12.4. The van der Waals surface area contributed by atoms with Crippen molar-refractivity contribution in [3.8, 4) is 0 Å². The Labute approximate surface area is 171 Å². The third-order valence-electron chi connectivity index (χ3n) is 4.30. The maximum atomic E-state index is 12.4. The lowest BCUT2D eigenvalue weighted by Gasteiger charge is -2.05. The summed E-state index contributed by atoms with van der Waals surface area (Å²) >= 11 is 1.62. The van der Waals surface area contributed by atoms with Crippen molar-refractivity contribution in [2.24, 2.45) is 0 Å². The van der Waals surface area contributed by atoms with Crippen molar-refractivity contribution in [3.63, 3.8) is 0 Å². The first-order valence-corrected chi connectivity index (χ1v) is 9.89. The molecular weight excluding hydrogens is 398 g/mol. The second kappa shape index (κ2) is 9.60. The molecule has 1 heterocycles. The van der Waals surface area contributed by atoms with Crippen molar-refractivity contribution in [3.05, 3.63) is 83.0 Å². The fraction of sp³-hybridized carbons (Fsp3) is 0.227. The van der Waals surface area contributed by atoms with Gasteiger partial charge in [0.2, 0.25) is 5.76 Å². The molecule has 4 nitrogen and oxygen atoms in total. The lowest BCUT2D eigenvalue weighted by molar-refractivity contribution is -0.0922. The van der Waals surface area contributed by atoms with Crippen LogP contribution in [0.4, 0.5) is 8.78 Å². The van der Waals surface area contributed by atoms with Gasteiger partial charge in [-0.1, -0.05) is 24.3 Å². The molecule has 152 valence electrons. The normalized spacial score (nSPS) is 13.7. The number of ether oxygens (including phenoxy) is 2. The highest BCUT2D eigenvalue weighted by molar-refractivity contribution is 7.98. The second-order valence-electron chi connectivity index (χ2n) is 6.21. The van der Waals surface area contributed by atoms with E-state index in [-0.39, 0.29) is 11.5 Å². The van der Waals surface area contributed by atoms with E-state index in [1.54, 1.807) is 36.1 Å². The third-order valence-corrected chi connectivity index (χ3v) is 5.36. The van der Waals surface area contributed by atoms with Crippen molar-refractivity contribution >= 4 is 23.3 Å². The van der Waals surface area contributed by atoms with Gasteiger partial charge in [0.1, 0.15) is 11.5 Å². The van der Waals surface area contributed by atoms with E-state index in [9.17, 15) is 13.6 Å². The molecule has 0 amide bonds. The summed E-state index contributed by atoms with van der Waals surface area (Å²) in [5.41, 5.74) is 2.87. The number of esters is 1. The van der Waals surface area contributed by atoms with Gasteiger partial charge < -0.3 is 13.9 Å². The second-order valence-corrected chi connectivity index (χ2v) is 7.26. The predicted molar refractivity (Wildman–Crippen MR) is 108 cm³/mol. The monoisotopic (exact) mass is 418 g/mol. The van der Waals surface area contributed by atoms with Crippen LogP contribution in [-0.2, 0) is 15.2 Å². The van der Waals surface area contributed by atoms with Gasteiger partial charge in [-0.2, -0.15) is 8.78 Å². The van der Waals surface area contributed by atoms with Crippen LogP contribution in [0.25, 0.3) is 5.57 Å². The Kier molecular flexibility index (Phi) is 6.93. The molecule has 1 aliphatic rings. The number of benzene rings is 1. The van der Waals surface area contributed by atoms with E-state index >= 15 is 0 Å². The molecule has 0 fully saturated rings. The molecule has 0 saturated carbocycles. The number of hydrogen-bond acceptors (Lipinski definition) is 5. The van der Waals surface area contributed by atoms with Gasteiger partial charge in [0, 0.05) is 16.2 Å². The van der Waals surface area contributed by atoms with Crippen LogP contribution in [-0.4, -0.2) is 19.7 Å². The maximum Gasteiger partial charge on any atom is 0.387 e. The zero-order chi connectivity index (χ0) is 20.8. The number of rotatable bonds is 7. The van der Waals surface area contributed by atoms with Gasteiger partial charge in [0.15, 0.2) is 0 Å². The van der Waals surface area contributed by atoms with Crippen LogP contribution in [0.3, 0.4) is 0 Å². The number of methoxy groups -OCH3 is 1. The first-order chi connectivity index (χ1) is 14.0. The third kappa shape index (κ3) is 5.60. The lowest BCUT2D eigenvalue weighted by atomic mass is 10.1. The number of furan rings is 1. The number of carbonyl (C=O) groups is 1. The van der Waals surface area contributed by atoms with E-state index in [4.69, 9.17) is 4.42 Å². The summed E-state index contributed by atoms with van der Waals surface area (Å²) in [4.78, 5) is 12.6. The molecule has 1 aliphatic carbocycles. The molecule has 0 aliphatic heterocycles. The predicted octanol–water partition coefficient (Wildman–Crippen LogP) is 6.13. The molecule has 0 spiro atoms. The van der Waals surface area contributed by atoms with Crippen molar-refractivity contribution < 1.29 is 27.5 Å². The molecule has 2 aromatic rings. The molecule has 0 unspecified atom stereocenters. The zero-order valence-corrected chi connectivity index (χ0v) is 16.8. The van der Waals surface area contributed by atoms with E-state index in [1.165, 1.54) is 7.11 Å². The highest BCUT2D eigenvalue weighted by Gasteiger charge is 2.15. The summed E-state index contributed by atoms with van der Waals surface area (Å²) in [6.07, 6.45) is 7.42. The summed E-state index contributed by atoms with van der Waals surface area (Å²) in [6, 6.07) is 9.68. The molecule has 0 N–H and O–H groups in total. The summed E-state index contributed by atoms with van der Waals surface area (Å²) in [5, 5.41) is 0. The molecule has 0 saturated heterocycles. The standard InChI is InChI=1S/C22H20F2O4S/c1-14-17(12-20(27-14)21(25)26-2)13-29-19-10-7-16(8-11-19)15-4-3-5-18(9-6-15)28-22(23)24/h4-12,22H,3,13H2,1-2H3. The van der Waals surface area contributed by atoms with Gasteiger partial charge in [0.05, 0.1) is 7.11 Å². The first kappa shape index (κ1) is 20.9. The number of hydrogen-bond donors (Lipinski definition) is 0. The van der Waals surface area contributed by atoms with Crippen LogP contribution >= 0.6 is 11.8 Å². The van der Waals surface area contributed by atoms with Crippen molar-refractivity contribution in [2.75, 3.05) is 7.11 Å². The fourth-order valence-electron chi connectivity index (χ4n) is 2.78.